The summed E-state index contributed by atoms with van der Waals surface area (Å²) in [4.78, 5) is 0. The molecule has 0 unspecified atom stereocenters. The zero-order chi connectivity index (χ0) is 6.85. The number of aromatic hydroxyl groups is 1. The summed E-state index contributed by atoms with van der Waals surface area (Å²) in [6.45, 7) is 1.82. The van der Waals surface area contributed by atoms with Crippen molar-refractivity contribution < 1.29 is 5.11 Å². The van der Waals surface area contributed by atoms with Gasteiger partial charge in [0.05, 0.1) is 5.02 Å². The van der Waals surface area contributed by atoms with Crippen LogP contribution in [0.2, 0.25) is 5.02 Å². The highest BCUT2D eigenvalue weighted by Crippen LogP contribution is 2.17. The highest BCUT2D eigenvalue weighted by atomic mass is 35.5. The van der Waals surface area contributed by atoms with Gasteiger partial charge in [-0.15, -0.1) is 0 Å². The van der Waals surface area contributed by atoms with E-state index in [4.69, 9.17) is 16.7 Å². The Morgan fingerprint density at radius 1 is 1.56 bits per heavy atom. The molecule has 0 aliphatic heterocycles. The summed E-state index contributed by atoms with van der Waals surface area (Å²) in [5.74, 6) is 0.191. The summed E-state index contributed by atoms with van der Waals surface area (Å²) < 4.78 is 0. The Morgan fingerprint density at radius 2 is 2.22 bits per heavy atom. The lowest BCUT2D eigenvalue weighted by atomic mass is 10.2. The van der Waals surface area contributed by atoms with Gasteiger partial charge < -0.3 is 5.11 Å². The Hall–Kier alpha value is -0.690. The van der Waals surface area contributed by atoms with Gasteiger partial charge in [0, 0.05) is 6.07 Å². The summed E-state index contributed by atoms with van der Waals surface area (Å²) in [6.07, 6.45) is 0. The van der Waals surface area contributed by atoms with Crippen molar-refractivity contribution >= 4 is 11.6 Å². The summed E-state index contributed by atoms with van der Waals surface area (Å²) >= 11 is 5.53. The van der Waals surface area contributed by atoms with E-state index in [1.807, 2.05) is 6.92 Å². The van der Waals surface area contributed by atoms with Gasteiger partial charge in [0.25, 0.3) is 0 Å². The van der Waals surface area contributed by atoms with Gasteiger partial charge in [0.15, 0.2) is 0 Å². The maximum Gasteiger partial charge on any atom is 0.117 e. The summed E-state index contributed by atoms with van der Waals surface area (Å²) in [7, 11) is 0. The third kappa shape index (κ3) is 1.61. The number of hydrogen-bond donors (Lipinski definition) is 1. The first-order valence-corrected chi connectivity index (χ1v) is 2.95. The first-order valence-electron chi connectivity index (χ1n) is 2.57. The van der Waals surface area contributed by atoms with E-state index < -0.39 is 0 Å². The van der Waals surface area contributed by atoms with Crippen LogP contribution in [0, 0.1) is 13.0 Å². The molecule has 1 aromatic carbocycles. The van der Waals surface area contributed by atoms with Crippen molar-refractivity contribution in [3.8, 4) is 5.75 Å². The minimum atomic E-state index is 0.191. The molecular formula is C7H6ClO. The molecule has 2 heteroatoms. The number of aryl methyl sites for hydroxylation is 1. The van der Waals surface area contributed by atoms with E-state index in [1.165, 1.54) is 6.07 Å². The molecule has 47 valence electrons. The van der Waals surface area contributed by atoms with Gasteiger partial charge in [-0.2, -0.15) is 0 Å². The van der Waals surface area contributed by atoms with E-state index >= 15 is 0 Å². The van der Waals surface area contributed by atoms with Gasteiger partial charge in [-0.3, -0.25) is 0 Å². The third-order valence-corrected chi connectivity index (χ3v) is 1.16. The van der Waals surface area contributed by atoms with E-state index in [2.05, 4.69) is 6.07 Å². The van der Waals surface area contributed by atoms with Crippen LogP contribution in [0.15, 0.2) is 12.1 Å². The first kappa shape index (κ1) is 6.43. The van der Waals surface area contributed by atoms with E-state index in [9.17, 15) is 0 Å². The Balaban J connectivity index is 3.17. The fraction of sp³-hybridized carbons (Fsp3) is 0.143. The Kier molecular flexibility index (Phi) is 1.63. The van der Waals surface area contributed by atoms with Gasteiger partial charge in [-0.25, -0.2) is 0 Å². The minimum absolute atomic E-state index is 0.191. The molecule has 0 atom stereocenters. The van der Waals surface area contributed by atoms with Crippen molar-refractivity contribution in [3.63, 3.8) is 0 Å². The van der Waals surface area contributed by atoms with Gasteiger partial charge in [-0.05, 0) is 24.6 Å². The highest BCUT2D eigenvalue weighted by Gasteiger charge is 1.92. The molecule has 1 rings (SSSR count). The second-order valence-corrected chi connectivity index (χ2v) is 2.28. The second kappa shape index (κ2) is 2.28. The van der Waals surface area contributed by atoms with Crippen LogP contribution >= 0.6 is 11.6 Å². The molecule has 0 aliphatic carbocycles. The number of benzene rings is 1. The van der Waals surface area contributed by atoms with Crippen LogP contribution < -0.4 is 0 Å². The lowest BCUT2D eigenvalue weighted by molar-refractivity contribution is 0.475. The predicted octanol–water partition coefficient (Wildman–Crippen LogP) is 2.15. The highest BCUT2D eigenvalue weighted by molar-refractivity contribution is 6.30. The molecule has 1 nitrogen and oxygen atoms in total. The Labute approximate surface area is 58.9 Å². The molecule has 0 heterocycles. The molecule has 1 N–H and O–H groups in total. The molecule has 9 heavy (non-hydrogen) atoms. The lowest BCUT2D eigenvalue weighted by Gasteiger charge is -1.93. The molecule has 1 radical (unpaired) electrons. The molecule has 0 aliphatic rings. The molecule has 0 aromatic heterocycles. The van der Waals surface area contributed by atoms with Crippen molar-refractivity contribution in [1.82, 2.24) is 0 Å². The fourth-order valence-electron chi connectivity index (χ4n) is 0.654. The maximum absolute atomic E-state index is 8.89. The Morgan fingerprint density at radius 3 is 2.67 bits per heavy atom. The number of phenols is 1. The number of hydrogen-bond acceptors (Lipinski definition) is 1. The topological polar surface area (TPSA) is 20.2 Å². The van der Waals surface area contributed by atoms with Crippen molar-refractivity contribution in [1.29, 1.82) is 0 Å². The summed E-state index contributed by atoms with van der Waals surface area (Å²) in [5, 5.41) is 9.34. The average Bonchev–Trinajstić information content (AvgIpc) is 1.59. The van der Waals surface area contributed by atoms with Gasteiger partial charge in [-0.1, -0.05) is 11.6 Å². The van der Waals surface area contributed by atoms with Crippen molar-refractivity contribution in [2.45, 2.75) is 6.92 Å². The van der Waals surface area contributed by atoms with E-state index in [0.717, 1.165) is 5.56 Å². The monoisotopic (exact) mass is 141 g/mol. The van der Waals surface area contributed by atoms with Crippen LogP contribution in [0.3, 0.4) is 0 Å². The van der Waals surface area contributed by atoms with E-state index in [-0.39, 0.29) is 5.75 Å². The van der Waals surface area contributed by atoms with Crippen LogP contribution in [-0.2, 0) is 0 Å². The number of rotatable bonds is 0. The molecular weight excluding hydrogens is 136 g/mol. The zero-order valence-electron chi connectivity index (χ0n) is 4.98. The molecule has 0 amide bonds. The number of phenolic OH excluding ortho intramolecular Hbond substituents is 1. The molecule has 1 aromatic rings. The summed E-state index contributed by atoms with van der Waals surface area (Å²) in [5.41, 5.74) is 0.847. The lowest BCUT2D eigenvalue weighted by Crippen LogP contribution is -1.71. The smallest absolute Gasteiger partial charge is 0.117 e. The molecule has 0 saturated heterocycles. The van der Waals surface area contributed by atoms with Gasteiger partial charge in [0.2, 0.25) is 0 Å². The summed E-state index contributed by atoms with van der Waals surface area (Å²) in [6, 6.07) is 5.87. The van der Waals surface area contributed by atoms with Crippen LogP contribution in [0.4, 0.5) is 0 Å². The molecule has 0 saturated carbocycles. The van der Waals surface area contributed by atoms with Crippen molar-refractivity contribution in [3.05, 3.63) is 28.8 Å². The third-order valence-electron chi connectivity index (χ3n) is 0.956. The van der Waals surface area contributed by atoms with Gasteiger partial charge >= 0.3 is 0 Å². The largest absolute Gasteiger partial charge is 0.508 e. The van der Waals surface area contributed by atoms with E-state index in [0.29, 0.717) is 5.02 Å². The molecule has 0 fully saturated rings. The quantitative estimate of drug-likeness (QED) is 0.587. The minimum Gasteiger partial charge on any atom is -0.508 e. The Bertz CT molecular complexity index is 170. The first-order chi connectivity index (χ1) is 4.18. The van der Waals surface area contributed by atoms with Crippen LogP contribution in [-0.4, -0.2) is 5.11 Å². The second-order valence-electron chi connectivity index (χ2n) is 1.87. The SMILES string of the molecule is Cc1[c]c(Cl)cc(O)c1. The van der Waals surface area contributed by atoms with E-state index in [1.54, 1.807) is 6.07 Å². The van der Waals surface area contributed by atoms with Crippen LogP contribution in [0.5, 0.6) is 5.75 Å². The molecule has 0 bridgehead atoms. The van der Waals surface area contributed by atoms with Gasteiger partial charge in [0.1, 0.15) is 5.75 Å². The van der Waals surface area contributed by atoms with Crippen LogP contribution in [0.25, 0.3) is 0 Å². The predicted molar refractivity (Wildman–Crippen MR) is 36.7 cm³/mol. The zero-order valence-corrected chi connectivity index (χ0v) is 5.74. The van der Waals surface area contributed by atoms with Crippen LogP contribution in [0.1, 0.15) is 5.56 Å². The maximum atomic E-state index is 8.89. The molecule has 0 spiro atoms. The fourth-order valence-corrected chi connectivity index (χ4v) is 0.915. The number of halogens is 1. The normalized spacial score (nSPS) is 9.56. The standard InChI is InChI=1S/C7H6ClO/c1-5-2-6(8)4-7(9)3-5/h3-4,9H,1H3. The van der Waals surface area contributed by atoms with Crippen molar-refractivity contribution in [2.24, 2.45) is 0 Å². The van der Waals surface area contributed by atoms with Crippen molar-refractivity contribution in [2.75, 3.05) is 0 Å². The average molecular weight is 142 g/mol.